The summed E-state index contributed by atoms with van der Waals surface area (Å²) in [5.74, 6) is 2.54. The third-order valence-corrected chi connectivity index (χ3v) is 4.46. The molecule has 0 aromatic heterocycles. The zero-order valence-corrected chi connectivity index (χ0v) is 10.7. The maximum absolute atomic E-state index is 6.13. The van der Waals surface area contributed by atoms with Gasteiger partial charge >= 0.3 is 0 Å². The number of hydrogen-bond donors (Lipinski definition) is 1. The average Bonchev–Trinajstić information content (AvgIpc) is 2.94. The van der Waals surface area contributed by atoms with Gasteiger partial charge in [0.25, 0.3) is 0 Å². The van der Waals surface area contributed by atoms with E-state index < -0.39 is 0 Å². The van der Waals surface area contributed by atoms with Crippen LogP contribution in [0.15, 0.2) is 36.4 Å². The minimum atomic E-state index is 0.832. The van der Waals surface area contributed by atoms with Crippen LogP contribution in [0.4, 0.5) is 0 Å². The van der Waals surface area contributed by atoms with Crippen molar-refractivity contribution in [2.24, 2.45) is 17.8 Å². The van der Waals surface area contributed by atoms with E-state index in [1.165, 1.54) is 18.4 Å². The molecule has 1 aromatic rings. The predicted molar refractivity (Wildman–Crippen MR) is 72.0 cm³/mol. The average molecular weight is 248 g/mol. The van der Waals surface area contributed by atoms with Crippen molar-refractivity contribution in [1.29, 1.82) is 0 Å². The molecular weight excluding hydrogens is 230 g/mol. The summed E-state index contributed by atoms with van der Waals surface area (Å²) in [6, 6.07) is 8.07. The van der Waals surface area contributed by atoms with E-state index in [-0.39, 0.29) is 0 Å². The first kappa shape index (κ1) is 11.3. The molecule has 1 N–H and O–H groups in total. The lowest BCUT2D eigenvalue weighted by Gasteiger charge is -2.18. The molecule has 2 aliphatic rings. The SMILES string of the molecule is Clc1ccccc1CNCC1CC2C=CC1C2. The molecule has 1 aromatic carbocycles. The van der Waals surface area contributed by atoms with Gasteiger partial charge in [-0.3, -0.25) is 0 Å². The van der Waals surface area contributed by atoms with E-state index in [4.69, 9.17) is 11.6 Å². The maximum atomic E-state index is 6.13. The minimum absolute atomic E-state index is 0.832. The Morgan fingerprint density at radius 3 is 2.76 bits per heavy atom. The zero-order chi connectivity index (χ0) is 11.7. The molecule has 2 aliphatic carbocycles. The molecule has 17 heavy (non-hydrogen) atoms. The summed E-state index contributed by atoms with van der Waals surface area (Å²) < 4.78 is 0. The Kier molecular flexibility index (Phi) is 3.21. The summed E-state index contributed by atoms with van der Waals surface area (Å²) in [6.45, 7) is 2.01. The lowest BCUT2D eigenvalue weighted by molar-refractivity contribution is 0.414. The first-order valence-corrected chi connectivity index (χ1v) is 6.83. The molecule has 0 saturated heterocycles. The van der Waals surface area contributed by atoms with Crippen LogP contribution in [0.5, 0.6) is 0 Å². The van der Waals surface area contributed by atoms with Gasteiger partial charge in [-0.25, -0.2) is 0 Å². The van der Waals surface area contributed by atoms with Gasteiger partial charge in [0.2, 0.25) is 0 Å². The first-order chi connectivity index (χ1) is 8.33. The third kappa shape index (κ3) is 2.41. The standard InChI is InChI=1S/C15H18ClN/c16-15-4-2-1-3-13(15)9-17-10-14-8-11-5-6-12(14)7-11/h1-6,11-12,14,17H,7-10H2. The molecule has 1 saturated carbocycles. The van der Waals surface area contributed by atoms with Gasteiger partial charge in [-0.05, 0) is 48.8 Å². The second kappa shape index (κ2) is 4.83. The number of halogens is 1. The summed E-state index contributed by atoms with van der Waals surface area (Å²) in [4.78, 5) is 0. The Labute approximate surface area is 108 Å². The molecule has 1 nitrogen and oxygen atoms in total. The molecule has 90 valence electrons. The van der Waals surface area contributed by atoms with Crippen LogP contribution >= 0.6 is 11.6 Å². The van der Waals surface area contributed by atoms with Crippen LogP contribution in [0.3, 0.4) is 0 Å². The molecule has 0 heterocycles. The van der Waals surface area contributed by atoms with Crippen molar-refractivity contribution >= 4 is 11.6 Å². The number of benzene rings is 1. The zero-order valence-electron chi connectivity index (χ0n) is 9.90. The smallest absolute Gasteiger partial charge is 0.0450 e. The molecule has 0 spiro atoms. The Morgan fingerprint density at radius 2 is 2.06 bits per heavy atom. The minimum Gasteiger partial charge on any atom is -0.312 e. The van der Waals surface area contributed by atoms with Gasteiger partial charge in [-0.1, -0.05) is 42.0 Å². The van der Waals surface area contributed by atoms with Crippen LogP contribution in [-0.4, -0.2) is 6.54 Å². The van der Waals surface area contributed by atoms with Crippen LogP contribution in [0, 0.1) is 17.8 Å². The summed E-state index contributed by atoms with van der Waals surface area (Å²) in [5, 5.41) is 4.42. The molecule has 0 amide bonds. The van der Waals surface area contributed by atoms with Crippen molar-refractivity contribution in [2.45, 2.75) is 19.4 Å². The van der Waals surface area contributed by atoms with E-state index in [1.807, 2.05) is 18.2 Å². The molecule has 0 aliphatic heterocycles. The Hall–Kier alpha value is -0.790. The van der Waals surface area contributed by atoms with Crippen molar-refractivity contribution in [3.05, 3.63) is 47.0 Å². The van der Waals surface area contributed by atoms with Crippen molar-refractivity contribution < 1.29 is 0 Å². The van der Waals surface area contributed by atoms with Crippen LogP contribution in [0.1, 0.15) is 18.4 Å². The van der Waals surface area contributed by atoms with E-state index >= 15 is 0 Å². The van der Waals surface area contributed by atoms with Crippen molar-refractivity contribution in [3.8, 4) is 0 Å². The highest BCUT2D eigenvalue weighted by Gasteiger charge is 2.34. The number of rotatable bonds is 4. The lowest BCUT2D eigenvalue weighted by atomic mass is 9.93. The van der Waals surface area contributed by atoms with Gasteiger partial charge in [0.15, 0.2) is 0 Å². The summed E-state index contributed by atoms with van der Waals surface area (Å²) >= 11 is 6.13. The predicted octanol–water partition coefficient (Wildman–Crippen LogP) is 3.64. The second-order valence-corrected chi connectivity index (χ2v) is 5.67. The number of hydrogen-bond acceptors (Lipinski definition) is 1. The van der Waals surface area contributed by atoms with E-state index in [0.717, 1.165) is 35.9 Å². The molecular formula is C15H18ClN. The molecule has 3 rings (SSSR count). The maximum Gasteiger partial charge on any atom is 0.0450 e. The van der Waals surface area contributed by atoms with Crippen molar-refractivity contribution in [3.63, 3.8) is 0 Å². The fourth-order valence-electron chi connectivity index (χ4n) is 3.16. The largest absolute Gasteiger partial charge is 0.312 e. The van der Waals surface area contributed by atoms with Gasteiger partial charge in [-0.15, -0.1) is 0 Å². The Balaban J connectivity index is 1.50. The van der Waals surface area contributed by atoms with Crippen LogP contribution < -0.4 is 5.32 Å². The number of nitrogens with one attached hydrogen (secondary N) is 1. The van der Waals surface area contributed by atoms with E-state index in [1.54, 1.807) is 0 Å². The van der Waals surface area contributed by atoms with E-state index in [9.17, 15) is 0 Å². The summed E-state index contributed by atoms with van der Waals surface area (Å²) in [7, 11) is 0. The Morgan fingerprint density at radius 1 is 1.18 bits per heavy atom. The fraction of sp³-hybridized carbons (Fsp3) is 0.467. The lowest BCUT2D eigenvalue weighted by Crippen LogP contribution is -2.25. The molecule has 0 radical (unpaired) electrons. The van der Waals surface area contributed by atoms with E-state index in [2.05, 4.69) is 23.5 Å². The summed E-state index contributed by atoms with van der Waals surface area (Å²) in [6.07, 6.45) is 7.57. The number of fused-ring (bicyclic) bond motifs is 2. The number of allylic oxidation sites excluding steroid dienone is 2. The monoisotopic (exact) mass is 247 g/mol. The molecule has 1 fully saturated rings. The van der Waals surface area contributed by atoms with Crippen LogP contribution in [-0.2, 0) is 6.54 Å². The Bertz CT molecular complexity index is 427. The normalized spacial score (nSPS) is 30.1. The van der Waals surface area contributed by atoms with Crippen molar-refractivity contribution in [2.75, 3.05) is 6.54 Å². The highest BCUT2D eigenvalue weighted by molar-refractivity contribution is 6.31. The first-order valence-electron chi connectivity index (χ1n) is 6.45. The van der Waals surface area contributed by atoms with Gasteiger partial charge in [-0.2, -0.15) is 0 Å². The van der Waals surface area contributed by atoms with Gasteiger partial charge in [0.1, 0.15) is 0 Å². The molecule has 2 bridgehead atoms. The van der Waals surface area contributed by atoms with Crippen LogP contribution in [0.2, 0.25) is 5.02 Å². The molecule has 2 heteroatoms. The fourth-order valence-corrected chi connectivity index (χ4v) is 3.37. The van der Waals surface area contributed by atoms with Crippen molar-refractivity contribution in [1.82, 2.24) is 5.32 Å². The van der Waals surface area contributed by atoms with Gasteiger partial charge in [0, 0.05) is 11.6 Å². The quantitative estimate of drug-likeness (QED) is 0.801. The summed E-state index contributed by atoms with van der Waals surface area (Å²) in [5.41, 5.74) is 1.20. The molecule has 3 unspecified atom stereocenters. The highest BCUT2D eigenvalue weighted by Crippen LogP contribution is 2.42. The third-order valence-electron chi connectivity index (χ3n) is 4.10. The van der Waals surface area contributed by atoms with Gasteiger partial charge < -0.3 is 5.32 Å². The van der Waals surface area contributed by atoms with Crippen LogP contribution in [0.25, 0.3) is 0 Å². The van der Waals surface area contributed by atoms with Gasteiger partial charge in [0.05, 0.1) is 0 Å². The second-order valence-electron chi connectivity index (χ2n) is 5.26. The molecule has 3 atom stereocenters. The van der Waals surface area contributed by atoms with E-state index in [0.29, 0.717) is 0 Å². The highest BCUT2D eigenvalue weighted by atomic mass is 35.5. The topological polar surface area (TPSA) is 12.0 Å².